The van der Waals surface area contributed by atoms with E-state index in [2.05, 4.69) is 5.32 Å². The van der Waals surface area contributed by atoms with Gasteiger partial charge < -0.3 is 14.8 Å². The Bertz CT molecular complexity index is 619. The third-order valence-corrected chi connectivity index (χ3v) is 3.81. The fraction of sp³-hybridized carbons (Fsp3) is 0.316. The molecular weight excluding hydrogens is 290 g/mol. The summed E-state index contributed by atoms with van der Waals surface area (Å²) >= 11 is 0. The summed E-state index contributed by atoms with van der Waals surface area (Å²) in [5.74, 6) is 0.769. The quantitative estimate of drug-likeness (QED) is 0.889. The van der Waals surface area contributed by atoms with Gasteiger partial charge in [-0.15, -0.1) is 0 Å². The van der Waals surface area contributed by atoms with Crippen molar-refractivity contribution in [2.45, 2.75) is 25.4 Å². The van der Waals surface area contributed by atoms with Crippen molar-refractivity contribution in [2.24, 2.45) is 0 Å². The van der Waals surface area contributed by atoms with Crippen LogP contribution in [0.3, 0.4) is 0 Å². The smallest absolute Gasteiger partial charge is 0.228 e. The second kappa shape index (κ2) is 7.79. The number of ether oxygens (including phenoxy) is 2. The molecule has 2 aromatic rings. The van der Waals surface area contributed by atoms with Crippen LogP contribution < -0.4 is 10.1 Å². The molecule has 120 valence electrons. The predicted octanol–water partition coefficient (Wildman–Crippen LogP) is 3.43. The van der Waals surface area contributed by atoms with E-state index in [1.807, 2.05) is 54.6 Å². The number of carbonyl (C=O) groups is 1. The normalized spacial score (nSPS) is 17.0. The molecule has 1 fully saturated rings. The lowest BCUT2D eigenvalue weighted by atomic mass is 10.1. The van der Waals surface area contributed by atoms with Crippen molar-refractivity contribution in [3.05, 3.63) is 60.2 Å². The van der Waals surface area contributed by atoms with Crippen LogP contribution in [0.1, 0.15) is 18.4 Å². The number of benzene rings is 2. The number of nitrogens with one attached hydrogen (secondary N) is 1. The van der Waals surface area contributed by atoms with Crippen LogP contribution in [0.2, 0.25) is 0 Å². The average molecular weight is 311 g/mol. The number of hydrogen-bond acceptors (Lipinski definition) is 3. The maximum absolute atomic E-state index is 12.0. The molecule has 0 unspecified atom stereocenters. The first-order chi connectivity index (χ1) is 11.3. The minimum absolute atomic E-state index is 0.0239. The Morgan fingerprint density at radius 1 is 1.13 bits per heavy atom. The topological polar surface area (TPSA) is 47.6 Å². The first-order valence-corrected chi connectivity index (χ1v) is 7.98. The fourth-order valence-electron chi connectivity index (χ4n) is 2.59. The predicted molar refractivity (Wildman–Crippen MR) is 89.7 cm³/mol. The first kappa shape index (κ1) is 15.6. The zero-order valence-electron chi connectivity index (χ0n) is 13.0. The zero-order chi connectivity index (χ0) is 15.9. The summed E-state index contributed by atoms with van der Waals surface area (Å²) in [6.07, 6.45) is 2.76. The van der Waals surface area contributed by atoms with Crippen LogP contribution in [-0.2, 0) is 16.0 Å². The molecule has 0 spiro atoms. The van der Waals surface area contributed by atoms with Gasteiger partial charge in [0.15, 0.2) is 0 Å². The highest BCUT2D eigenvalue weighted by atomic mass is 16.5. The SMILES string of the molecule is O=C(Cc1ccccc1)Nc1ccc(OC[C@@H]2CCCO2)cc1. The van der Waals surface area contributed by atoms with Crippen molar-refractivity contribution in [1.29, 1.82) is 0 Å². The third-order valence-electron chi connectivity index (χ3n) is 3.81. The third kappa shape index (κ3) is 4.83. The van der Waals surface area contributed by atoms with E-state index in [4.69, 9.17) is 9.47 Å². The van der Waals surface area contributed by atoms with Crippen LogP contribution in [0.5, 0.6) is 5.75 Å². The van der Waals surface area contributed by atoms with Crippen molar-refractivity contribution in [3.63, 3.8) is 0 Å². The van der Waals surface area contributed by atoms with Gasteiger partial charge in [0.2, 0.25) is 5.91 Å². The van der Waals surface area contributed by atoms with E-state index in [0.29, 0.717) is 13.0 Å². The summed E-state index contributed by atoms with van der Waals surface area (Å²) in [7, 11) is 0. The fourth-order valence-corrected chi connectivity index (χ4v) is 2.59. The van der Waals surface area contributed by atoms with Gasteiger partial charge in [0, 0.05) is 12.3 Å². The molecule has 1 aliphatic rings. The monoisotopic (exact) mass is 311 g/mol. The molecule has 4 nitrogen and oxygen atoms in total. The average Bonchev–Trinajstić information content (AvgIpc) is 3.08. The van der Waals surface area contributed by atoms with Gasteiger partial charge in [-0.05, 0) is 42.7 Å². The van der Waals surface area contributed by atoms with E-state index >= 15 is 0 Å². The van der Waals surface area contributed by atoms with E-state index in [-0.39, 0.29) is 12.0 Å². The molecule has 0 radical (unpaired) electrons. The number of hydrogen-bond donors (Lipinski definition) is 1. The number of rotatable bonds is 6. The zero-order valence-corrected chi connectivity index (χ0v) is 13.0. The van der Waals surface area contributed by atoms with Crippen LogP contribution in [0.25, 0.3) is 0 Å². The molecule has 1 N–H and O–H groups in total. The summed E-state index contributed by atoms with van der Waals surface area (Å²) in [6.45, 7) is 1.42. The highest BCUT2D eigenvalue weighted by Crippen LogP contribution is 2.18. The highest BCUT2D eigenvalue weighted by molar-refractivity contribution is 5.92. The van der Waals surface area contributed by atoms with Crippen LogP contribution in [-0.4, -0.2) is 25.2 Å². The molecule has 0 aromatic heterocycles. The largest absolute Gasteiger partial charge is 0.491 e. The molecule has 23 heavy (non-hydrogen) atoms. The Kier molecular flexibility index (Phi) is 5.27. The Morgan fingerprint density at radius 2 is 1.91 bits per heavy atom. The second-order valence-electron chi connectivity index (χ2n) is 5.68. The van der Waals surface area contributed by atoms with E-state index in [1.54, 1.807) is 0 Å². The Hall–Kier alpha value is -2.33. The summed E-state index contributed by atoms with van der Waals surface area (Å²) in [6, 6.07) is 17.1. The highest BCUT2D eigenvalue weighted by Gasteiger charge is 2.15. The van der Waals surface area contributed by atoms with Gasteiger partial charge in [-0.3, -0.25) is 4.79 Å². The molecule has 0 bridgehead atoms. The van der Waals surface area contributed by atoms with Gasteiger partial charge in [-0.2, -0.15) is 0 Å². The number of anilines is 1. The van der Waals surface area contributed by atoms with Crippen LogP contribution in [0.15, 0.2) is 54.6 Å². The molecule has 2 aromatic carbocycles. The van der Waals surface area contributed by atoms with E-state index in [0.717, 1.165) is 36.4 Å². The number of amides is 1. The lowest BCUT2D eigenvalue weighted by Gasteiger charge is -2.12. The minimum Gasteiger partial charge on any atom is -0.491 e. The Morgan fingerprint density at radius 3 is 2.61 bits per heavy atom. The van der Waals surface area contributed by atoms with E-state index in [1.165, 1.54) is 0 Å². The van der Waals surface area contributed by atoms with Crippen molar-refractivity contribution >= 4 is 11.6 Å². The minimum atomic E-state index is -0.0239. The maximum Gasteiger partial charge on any atom is 0.228 e. The molecule has 1 amide bonds. The standard InChI is InChI=1S/C19H21NO3/c21-19(13-15-5-2-1-3-6-15)20-16-8-10-17(11-9-16)23-14-18-7-4-12-22-18/h1-3,5-6,8-11,18H,4,7,12-14H2,(H,20,21)/t18-/m0/s1. The second-order valence-corrected chi connectivity index (χ2v) is 5.68. The molecule has 0 saturated carbocycles. The molecule has 1 aliphatic heterocycles. The van der Waals surface area contributed by atoms with Crippen molar-refractivity contribution in [3.8, 4) is 5.75 Å². The molecular formula is C19H21NO3. The van der Waals surface area contributed by atoms with Gasteiger partial charge in [-0.1, -0.05) is 30.3 Å². The van der Waals surface area contributed by atoms with E-state index < -0.39 is 0 Å². The van der Waals surface area contributed by atoms with Crippen molar-refractivity contribution in [2.75, 3.05) is 18.5 Å². The Balaban J connectivity index is 1.47. The maximum atomic E-state index is 12.0. The van der Waals surface area contributed by atoms with E-state index in [9.17, 15) is 4.79 Å². The van der Waals surface area contributed by atoms with Crippen LogP contribution in [0, 0.1) is 0 Å². The first-order valence-electron chi connectivity index (χ1n) is 7.98. The summed E-state index contributed by atoms with van der Waals surface area (Å²) in [5, 5.41) is 2.90. The van der Waals surface area contributed by atoms with Gasteiger partial charge in [0.25, 0.3) is 0 Å². The molecule has 0 aliphatic carbocycles. The molecule has 1 heterocycles. The number of carbonyl (C=O) groups excluding carboxylic acids is 1. The van der Waals surface area contributed by atoms with Gasteiger partial charge >= 0.3 is 0 Å². The van der Waals surface area contributed by atoms with Gasteiger partial charge in [0.1, 0.15) is 12.4 Å². The molecule has 4 heteroatoms. The summed E-state index contributed by atoms with van der Waals surface area (Å²) in [5.41, 5.74) is 1.77. The Labute approximate surface area is 136 Å². The van der Waals surface area contributed by atoms with Crippen molar-refractivity contribution < 1.29 is 14.3 Å². The molecule has 1 saturated heterocycles. The van der Waals surface area contributed by atoms with Gasteiger partial charge in [-0.25, -0.2) is 0 Å². The van der Waals surface area contributed by atoms with Crippen molar-refractivity contribution in [1.82, 2.24) is 0 Å². The summed E-state index contributed by atoms with van der Waals surface area (Å²) < 4.78 is 11.2. The van der Waals surface area contributed by atoms with Gasteiger partial charge in [0.05, 0.1) is 12.5 Å². The van der Waals surface area contributed by atoms with Crippen LogP contribution >= 0.6 is 0 Å². The van der Waals surface area contributed by atoms with Crippen LogP contribution in [0.4, 0.5) is 5.69 Å². The lowest BCUT2D eigenvalue weighted by molar-refractivity contribution is -0.115. The molecule has 1 atom stereocenters. The molecule has 3 rings (SSSR count). The summed E-state index contributed by atoms with van der Waals surface area (Å²) in [4.78, 5) is 12.0. The lowest BCUT2D eigenvalue weighted by Crippen LogP contribution is -2.16.